The van der Waals surface area contributed by atoms with E-state index in [9.17, 15) is 0 Å². The second-order valence-corrected chi connectivity index (χ2v) is 4.25. The zero-order chi connectivity index (χ0) is 10.5. The average molecular weight is 206 g/mol. The topological polar surface area (TPSA) is 41.0 Å². The molecule has 15 heavy (non-hydrogen) atoms. The van der Waals surface area contributed by atoms with E-state index < -0.39 is 0 Å². The minimum Gasteiger partial charge on any atom is -0.382 e. The Morgan fingerprint density at radius 3 is 2.67 bits per heavy atom. The normalized spacial score (nSPS) is 19.0. The Kier molecular flexibility index (Phi) is 3.50. The second-order valence-electron chi connectivity index (χ2n) is 4.25. The van der Waals surface area contributed by atoms with Gasteiger partial charge >= 0.3 is 0 Å². The fourth-order valence-electron chi connectivity index (χ4n) is 1.92. The van der Waals surface area contributed by atoms with Gasteiger partial charge in [0, 0.05) is 6.54 Å². The summed E-state index contributed by atoms with van der Waals surface area (Å²) in [5.74, 6) is 0.793. The number of hydrogen-bond donors (Lipinski definition) is 1. The van der Waals surface area contributed by atoms with Crippen molar-refractivity contribution in [3.8, 4) is 0 Å². The lowest BCUT2D eigenvalue weighted by Gasteiger charge is -2.29. The molecule has 4 heteroatoms. The van der Waals surface area contributed by atoms with Crippen molar-refractivity contribution in [3.63, 3.8) is 0 Å². The van der Waals surface area contributed by atoms with E-state index in [-0.39, 0.29) is 0 Å². The van der Waals surface area contributed by atoms with Gasteiger partial charge in [-0.2, -0.15) is 0 Å². The number of nitrogens with one attached hydrogen (secondary N) is 1. The molecule has 0 saturated carbocycles. The maximum atomic E-state index is 3.98. The summed E-state index contributed by atoms with van der Waals surface area (Å²) in [6.45, 7) is 3.48. The molecule has 1 aromatic heterocycles. The number of rotatable bonds is 3. The van der Waals surface area contributed by atoms with E-state index in [1.807, 2.05) is 12.4 Å². The van der Waals surface area contributed by atoms with Crippen LogP contribution in [0.4, 0.5) is 5.69 Å². The Morgan fingerprint density at radius 2 is 2.00 bits per heavy atom. The zero-order valence-corrected chi connectivity index (χ0v) is 9.19. The van der Waals surface area contributed by atoms with E-state index in [0.717, 1.165) is 18.2 Å². The molecule has 0 aliphatic carbocycles. The zero-order valence-electron chi connectivity index (χ0n) is 9.19. The molecule has 2 heterocycles. The van der Waals surface area contributed by atoms with Gasteiger partial charge < -0.3 is 10.2 Å². The molecule has 4 nitrogen and oxygen atoms in total. The molecule has 0 unspecified atom stereocenters. The van der Waals surface area contributed by atoms with E-state index in [0.29, 0.717) is 0 Å². The summed E-state index contributed by atoms with van der Waals surface area (Å²) < 4.78 is 0. The lowest BCUT2D eigenvalue weighted by Crippen LogP contribution is -2.32. The Bertz CT molecular complexity index is 280. The molecule has 0 spiro atoms. The highest BCUT2D eigenvalue weighted by Crippen LogP contribution is 2.16. The van der Waals surface area contributed by atoms with E-state index in [1.54, 1.807) is 6.33 Å². The van der Waals surface area contributed by atoms with Gasteiger partial charge in [0.25, 0.3) is 0 Å². The Labute approximate surface area is 90.7 Å². The SMILES string of the molecule is CN1CCC(CNc2cncnc2)CC1. The summed E-state index contributed by atoms with van der Waals surface area (Å²) in [5.41, 5.74) is 1.02. The van der Waals surface area contributed by atoms with Gasteiger partial charge in [-0.3, -0.25) is 0 Å². The molecule has 0 aromatic carbocycles. The number of likely N-dealkylation sites (tertiary alicyclic amines) is 1. The molecule has 0 amide bonds. The van der Waals surface area contributed by atoms with Crippen molar-refractivity contribution in [1.82, 2.24) is 14.9 Å². The minimum atomic E-state index is 0.793. The van der Waals surface area contributed by atoms with Crippen LogP contribution in [0, 0.1) is 5.92 Å². The summed E-state index contributed by atoms with van der Waals surface area (Å²) in [4.78, 5) is 10.3. The van der Waals surface area contributed by atoms with E-state index in [2.05, 4.69) is 27.2 Å². The number of nitrogens with zero attached hydrogens (tertiary/aromatic N) is 3. The van der Waals surface area contributed by atoms with Crippen LogP contribution in [-0.2, 0) is 0 Å². The van der Waals surface area contributed by atoms with Gasteiger partial charge in [0.05, 0.1) is 18.1 Å². The van der Waals surface area contributed by atoms with Crippen LogP contribution in [-0.4, -0.2) is 41.5 Å². The van der Waals surface area contributed by atoms with Crippen molar-refractivity contribution in [1.29, 1.82) is 0 Å². The van der Waals surface area contributed by atoms with Crippen molar-refractivity contribution in [2.75, 3.05) is 32.0 Å². The molecule has 1 aliphatic heterocycles. The molecular weight excluding hydrogens is 188 g/mol. The first kappa shape index (κ1) is 10.4. The van der Waals surface area contributed by atoms with Crippen LogP contribution in [0.5, 0.6) is 0 Å². The monoisotopic (exact) mass is 206 g/mol. The number of anilines is 1. The first-order chi connectivity index (χ1) is 7.34. The number of aromatic nitrogens is 2. The van der Waals surface area contributed by atoms with Crippen molar-refractivity contribution in [3.05, 3.63) is 18.7 Å². The van der Waals surface area contributed by atoms with Crippen LogP contribution in [0.3, 0.4) is 0 Å². The predicted molar refractivity (Wildman–Crippen MR) is 60.7 cm³/mol. The van der Waals surface area contributed by atoms with E-state index in [4.69, 9.17) is 0 Å². The van der Waals surface area contributed by atoms with Gasteiger partial charge in [-0.25, -0.2) is 9.97 Å². The Morgan fingerprint density at radius 1 is 1.33 bits per heavy atom. The fourth-order valence-corrected chi connectivity index (χ4v) is 1.92. The van der Waals surface area contributed by atoms with Crippen LogP contribution in [0.1, 0.15) is 12.8 Å². The highest BCUT2D eigenvalue weighted by atomic mass is 15.1. The predicted octanol–water partition coefficient (Wildman–Crippen LogP) is 1.23. The molecule has 0 atom stereocenters. The summed E-state index contributed by atoms with van der Waals surface area (Å²) in [6, 6.07) is 0. The van der Waals surface area contributed by atoms with Crippen molar-refractivity contribution < 1.29 is 0 Å². The van der Waals surface area contributed by atoms with Gasteiger partial charge in [-0.05, 0) is 38.9 Å². The first-order valence-electron chi connectivity index (χ1n) is 5.52. The van der Waals surface area contributed by atoms with Crippen LogP contribution in [0.2, 0.25) is 0 Å². The Hall–Kier alpha value is -1.16. The van der Waals surface area contributed by atoms with Gasteiger partial charge in [-0.1, -0.05) is 0 Å². The second kappa shape index (κ2) is 5.07. The standard InChI is InChI=1S/C11H18N4/c1-15-4-2-10(3-5-15)6-14-11-7-12-9-13-8-11/h7-10,14H,2-6H2,1H3. The largest absolute Gasteiger partial charge is 0.382 e. The third-order valence-corrected chi connectivity index (χ3v) is 2.99. The summed E-state index contributed by atoms with van der Waals surface area (Å²) in [6.07, 6.45) is 7.78. The van der Waals surface area contributed by atoms with Gasteiger partial charge in [-0.15, -0.1) is 0 Å². The van der Waals surface area contributed by atoms with E-state index in [1.165, 1.54) is 25.9 Å². The van der Waals surface area contributed by atoms with Crippen molar-refractivity contribution >= 4 is 5.69 Å². The third-order valence-electron chi connectivity index (χ3n) is 2.99. The molecule has 1 aliphatic rings. The molecule has 2 rings (SSSR count). The summed E-state index contributed by atoms with van der Waals surface area (Å²) >= 11 is 0. The van der Waals surface area contributed by atoms with E-state index >= 15 is 0 Å². The molecular formula is C11H18N4. The quantitative estimate of drug-likeness (QED) is 0.807. The molecule has 1 saturated heterocycles. The van der Waals surface area contributed by atoms with Crippen LogP contribution >= 0.6 is 0 Å². The lowest BCUT2D eigenvalue weighted by molar-refractivity contribution is 0.226. The maximum absolute atomic E-state index is 3.98. The van der Waals surface area contributed by atoms with Crippen LogP contribution in [0.25, 0.3) is 0 Å². The summed E-state index contributed by atoms with van der Waals surface area (Å²) in [7, 11) is 2.19. The fraction of sp³-hybridized carbons (Fsp3) is 0.636. The van der Waals surface area contributed by atoms with Crippen LogP contribution < -0.4 is 5.32 Å². The molecule has 0 radical (unpaired) electrons. The van der Waals surface area contributed by atoms with Gasteiger partial charge in [0.15, 0.2) is 0 Å². The number of piperidine rings is 1. The maximum Gasteiger partial charge on any atom is 0.115 e. The minimum absolute atomic E-state index is 0.793. The highest BCUT2D eigenvalue weighted by Gasteiger charge is 2.15. The van der Waals surface area contributed by atoms with Crippen molar-refractivity contribution in [2.45, 2.75) is 12.8 Å². The van der Waals surface area contributed by atoms with Gasteiger partial charge in [0.1, 0.15) is 6.33 Å². The smallest absolute Gasteiger partial charge is 0.115 e. The Balaban J connectivity index is 1.74. The first-order valence-corrected chi connectivity index (χ1v) is 5.52. The molecule has 1 fully saturated rings. The molecule has 1 aromatic rings. The lowest BCUT2D eigenvalue weighted by atomic mass is 9.97. The molecule has 1 N–H and O–H groups in total. The van der Waals surface area contributed by atoms with Crippen LogP contribution in [0.15, 0.2) is 18.7 Å². The third kappa shape index (κ3) is 3.16. The summed E-state index contributed by atoms with van der Waals surface area (Å²) in [5, 5.41) is 3.39. The van der Waals surface area contributed by atoms with Crippen molar-refractivity contribution in [2.24, 2.45) is 5.92 Å². The van der Waals surface area contributed by atoms with Gasteiger partial charge in [0.2, 0.25) is 0 Å². The average Bonchev–Trinajstić information content (AvgIpc) is 2.30. The highest BCUT2D eigenvalue weighted by molar-refractivity contribution is 5.36. The number of hydrogen-bond acceptors (Lipinski definition) is 4. The molecule has 0 bridgehead atoms. The molecule has 82 valence electrons.